The lowest BCUT2D eigenvalue weighted by atomic mass is 9.90. The molecule has 1 amide bonds. The summed E-state index contributed by atoms with van der Waals surface area (Å²) in [5, 5.41) is 7.11. The number of amides is 1. The van der Waals surface area contributed by atoms with Crippen LogP contribution in [0, 0.1) is 0 Å². The molecule has 1 fully saturated rings. The first kappa shape index (κ1) is 18.9. The van der Waals surface area contributed by atoms with E-state index in [0.717, 1.165) is 56.0 Å². The Morgan fingerprint density at radius 3 is 2.86 bits per heavy atom. The molecule has 0 bridgehead atoms. The van der Waals surface area contributed by atoms with E-state index in [9.17, 15) is 4.79 Å². The van der Waals surface area contributed by atoms with Gasteiger partial charge in [-0.2, -0.15) is 5.10 Å². The summed E-state index contributed by atoms with van der Waals surface area (Å²) < 4.78 is 8.21. The zero-order valence-corrected chi connectivity index (χ0v) is 16.6. The fourth-order valence-electron chi connectivity index (χ4n) is 3.99. The molecule has 2 aliphatic rings. The first-order chi connectivity index (χ1) is 13.6. The van der Waals surface area contributed by atoms with E-state index in [4.69, 9.17) is 4.74 Å². The summed E-state index contributed by atoms with van der Waals surface area (Å²) in [6.45, 7) is 5.17. The number of piperidine rings is 1. The van der Waals surface area contributed by atoms with Crippen LogP contribution in [0.15, 0.2) is 18.5 Å². The number of nitrogens with zero attached hydrogens (tertiary/aromatic N) is 5. The Labute approximate surface area is 165 Å². The second-order valence-electron chi connectivity index (χ2n) is 7.69. The summed E-state index contributed by atoms with van der Waals surface area (Å²) >= 11 is 0. The third-order valence-electron chi connectivity index (χ3n) is 5.78. The third-order valence-corrected chi connectivity index (χ3v) is 5.78. The molecule has 0 saturated carbocycles. The number of hydrogen-bond acceptors (Lipinski definition) is 6. The Balaban J connectivity index is 1.41. The second-order valence-corrected chi connectivity index (χ2v) is 7.69. The van der Waals surface area contributed by atoms with Crippen LogP contribution in [0.1, 0.15) is 54.5 Å². The largest absolute Gasteiger partial charge is 0.367 e. The van der Waals surface area contributed by atoms with E-state index in [1.807, 2.05) is 10.7 Å². The lowest BCUT2D eigenvalue weighted by Crippen LogP contribution is -2.51. The molecule has 8 heteroatoms. The zero-order chi connectivity index (χ0) is 19.6. The number of rotatable bonds is 5. The van der Waals surface area contributed by atoms with Gasteiger partial charge in [0.15, 0.2) is 5.69 Å². The lowest BCUT2D eigenvalue weighted by molar-refractivity contribution is -0.106. The summed E-state index contributed by atoms with van der Waals surface area (Å²) in [4.78, 5) is 23.0. The molecule has 0 unspecified atom stereocenters. The summed E-state index contributed by atoms with van der Waals surface area (Å²) in [6.07, 6.45) is 6.82. The van der Waals surface area contributed by atoms with Gasteiger partial charge in [0, 0.05) is 31.9 Å². The summed E-state index contributed by atoms with van der Waals surface area (Å²) in [6, 6.07) is 3.94. The molecule has 1 spiro atoms. The molecule has 0 aliphatic carbocycles. The third kappa shape index (κ3) is 3.73. The molecule has 0 aromatic carbocycles. The van der Waals surface area contributed by atoms with E-state index in [-0.39, 0.29) is 11.5 Å². The average Bonchev–Trinajstić information content (AvgIpc) is 3.15. The maximum atomic E-state index is 11.8. The van der Waals surface area contributed by atoms with Gasteiger partial charge in [-0.1, -0.05) is 13.3 Å². The van der Waals surface area contributed by atoms with Crippen LogP contribution >= 0.6 is 0 Å². The number of carbonyl (C=O) groups excluding carboxylic acids is 1. The van der Waals surface area contributed by atoms with Crippen LogP contribution in [-0.2, 0) is 24.3 Å². The Hall–Kier alpha value is -2.48. The molecule has 4 rings (SSSR count). The molecule has 28 heavy (non-hydrogen) atoms. The second kappa shape index (κ2) is 7.87. The summed E-state index contributed by atoms with van der Waals surface area (Å²) in [7, 11) is 1.62. The van der Waals surface area contributed by atoms with Gasteiger partial charge >= 0.3 is 0 Å². The van der Waals surface area contributed by atoms with Crippen molar-refractivity contribution in [1.29, 1.82) is 0 Å². The van der Waals surface area contributed by atoms with Crippen LogP contribution < -0.4 is 10.2 Å². The lowest BCUT2D eigenvalue weighted by Gasteiger charge is -2.44. The average molecular weight is 384 g/mol. The van der Waals surface area contributed by atoms with Crippen molar-refractivity contribution in [2.45, 2.75) is 57.8 Å². The SMILES string of the molecule is CCCCc1cc(N2CCC3(CC2)Cn2nc(C(=O)NC)cc2CO3)ncn1. The molecule has 2 aromatic rings. The number of carbonyl (C=O) groups is 1. The van der Waals surface area contributed by atoms with Crippen molar-refractivity contribution in [1.82, 2.24) is 25.1 Å². The van der Waals surface area contributed by atoms with Gasteiger partial charge in [-0.15, -0.1) is 0 Å². The smallest absolute Gasteiger partial charge is 0.271 e. The number of fused-ring (bicyclic) bond motifs is 1. The van der Waals surface area contributed by atoms with Gasteiger partial charge in [-0.3, -0.25) is 9.48 Å². The molecule has 4 heterocycles. The highest BCUT2D eigenvalue weighted by molar-refractivity contribution is 5.92. The van der Waals surface area contributed by atoms with Gasteiger partial charge in [0.1, 0.15) is 12.1 Å². The van der Waals surface area contributed by atoms with Gasteiger partial charge in [-0.25, -0.2) is 9.97 Å². The van der Waals surface area contributed by atoms with Crippen LogP contribution in [0.2, 0.25) is 0 Å². The van der Waals surface area contributed by atoms with E-state index < -0.39 is 0 Å². The standard InChI is InChI=1S/C20H28N6O2/c1-3-4-5-15-10-18(23-14-22-15)25-8-6-20(7-9-25)13-26-16(12-28-20)11-17(24-26)19(27)21-2/h10-11,14H,3-9,12-13H2,1-2H3,(H,21,27). The minimum atomic E-state index is -0.215. The topological polar surface area (TPSA) is 85.2 Å². The molecule has 0 atom stereocenters. The van der Waals surface area contributed by atoms with E-state index >= 15 is 0 Å². The highest BCUT2D eigenvalue weighted by Gasteiger charge is 2.40. The Kier molecular flexibility index (Phi) is 5.30. The quantitative estimate of drug-likeness (QED) is 0.848. The highest BCUT2D eigenvalue weighted by Crippen LogP contribution is 2.34. The number of aromatic nitrogens is 4. The van der Waals surface area contributed by atoms with Crippen molar-refractivity contribution in [3.8, 4) is 0 Å². The maximum Gasteiger partial charge on any atom is 0.271 e. The molecular weight excluding hydrogens is 356 g/mol. The van der Waals surface area contributed by atoms with Crippen molar-refractivity contribution < 1.29 is 9.53 Å². The van der Waals surface area contributed by atoms with Crippen LogP contribution in [-0.4, -0.2) is 51.4 Å². The highest BCUT2D eigenvalue weighted by atomic mass is 16.5. The van der Waals surface area contributed by atoms with Crippen molar-refractivity contribution in [3.63, 3.8) is 0 Å². The van der Waals surface area contributed by atoms with Crippen LogP contribution in [0.5, 0.6) is 0 Å². The zero-order valence-electron chi connectivity index (χ0n) is 16.6. The van der Waals surface area contributed by atoms with Crippen molar-refractivity contribution >= 4 is 11.7 Å². The first-order valence-corrected chi connectivity index (χ1v) is 10.1. The number of anilines is 1. The molecular formula is C20H28N6O2. The molecule has 2 aromatic heterocycles. The Morgan fingerprint density at radius 2 is 2.11 bits per heavy atom. The Morgan fingerprint density at radius 1 is 1.29 bits per heavy atom. The monoisotopic (exact) mass is 384 g/mol. The van der Waals surface area contributed by atoms with E-state index in [2.05, 4.69) is 38.3 Å². The summed E-state index contributed by atoms with van der Waals surface area (Å²) in [5.74, 6) is 0.849. The Bertz CT molecular complexity index is 841. The summed E-state index contributed by atoms with van der Waals surface area (Å²) in [5.41, 5.74) is 2.32. The molecule has 8 nitrogen and oxygen atoms in total. The van der Waals surface area contributed by atoms with E-state index in [0.29, 0.717) is 18.8 Å². The van der Waals surface area contributed by atoms with Crippen molar-refractivity contribution in [2.75, 3.05) is 25.0 Å². The molecule has 1 saturated heterocycles. The van der Waals surface area contributed by atoms with E-state index in [1.54, 1.807) is 13.4 Å². The molecule has 1 N–H and O–H groups in total. The number of nitrogens with one attached hydrogen (secondary N) is 1. The predicted octanol–water partition coefficient (Wildman–Crippen LogP) is 1.94. The number of aryl methyl sites for hydroxylation is 1. The van der Waals surface area contributed by atoms with Crippen LogP contribution in [0.25, 0.3) is 0 Å². The van der Waals surface area contributed by atoms with Crippen LogP contribution in [0.4, 0.5) is 5.82 Å². The van der Waals surface area contributed by atoms with Gasteiger partial charge in [0.05, 0.1) is 24.4 Å². The van der Waals surface area contributed by atoms with Crippen LogP contribution in [0.3, 0.4) is 0 Å². The predicted molar refractivity (Wildman–Crippen MR) is 105 cm³/mol. The van der Waals surface area contributed by atoms with Gasteiger partial charge in [0.2, 0.25) is 0 Å². The minimum Gasteiger partial charge on any atom is -0.367 e. The molecule has 0 radical (unpaired) electrons. The van der Waals surface area contributed by atoms with Gasteiger partial charge in [-0.05, 0) is 31.7 Å². The van der Waals surface area contributed by atoms with Crippen molar-refractivity contribution in [3.05, 3.63) is 35.5 Å². The van der Waals surface area contributed by atoms with Gasteiger partial charge in [0.25, 0.3) is 5.91 Å². The van der Waals surface area contributed by atoms with E-state index in [1.165, 1.54) is 6.42 Å². The fraction of sp³-hybridized carbons (Fsp3) is 0.600. The fourth-order valence-corrected chi connectivity index (χ4v) is 3.99. The number of ether oxygens (including phenoxy) is 1. The molecule has 150 valence electrons. The first-order valence-electron chi connectivity index (χ1n) is 10.1. The normalized spacial score (nSPS) is 18.1. The number of unbranched alkanes of at least 4 members (excludes halogenated alkanes) is 1. The molecule has 2 aliphatic heterocycles. The maximum absolute atomic E-state index is 11.8. The van der Waals surface area contributed by atoms with Crippen molar-refractivity contribution in [2.24, 2.45) is 0 Å². The minimum absolute atomic E-state index is 0.159. The van der Waals surface area contributed by atoms with Gasteiger partial charge < -0.3 is 15.0 Å². The number of hydrogen-bond donors (Lipinski definition) is 1.